The molecule has 132 valence electrons. The summed E-state index contributed by atoms with van der Waals surface area (Å²) in [7, 11) is 0. The maximum absolute atomic E-state index is 9.46. The van der Waals surface area contributed by atoms with Gasteiger partial charge < -0.3 is 0 Å². The van der Waals surface area contributed by atoms with Crippen LogP contribution in [0.15, 0.2) is 0 Å². The number of hydrogen-bond acceptors (Lipinski definition) is 1. The summed E-state index contributed by atoms with van der Waals surface area (Å²) in [4.78, 5) is 0. The van der Waals surface area contributed by atoms with Crippen molar-refractivity contribution in [1.82, 2.24) is 0 Å². The van der Waals surface area contributed by atoms with Gasteiger partial charge in [0.2, 0.25) is 0 Å². The van der Waals surface area contributed by atoms with Gasteiger partial charge in [0, 0.05) is 5.92 Å². The van der Waals surface area contributed by atoms with Gasteiger partial charge in [0.25, 0.3) is 0 Å². The summed E-state index contributed by atoms with van der Waals surface area (Å²) in [5.74, 6) is 4.04. The Morgan fingerprint density at radius 1 is 0.870 bits per heavy atom. The van der Waals surface area contributed by atoms with Gasteiger partial charge in [-0.15, -0.1) is 0 Å². The largest absolute Gasteiger partial charge is 0.198 e. The molecule has 2 aliphatic carbocycles. The molecule has 2 saturated carbocycles. The third-order valence-electron chi connectivity index (χ3n) is 6.81. The van der Waals surface area contributed by atoms with Gasteiger partial charge in [-0.05, 0) is 62.2 Å². The minimum absolute atomic E-state index is 0.345. The molecule has 2 fully saturated rings. The Morgan fingerprint density at radius 2 is 1.61 bits per heavy atom. The zero-order chi connectivity index (χ0) is 16.5. The van der Waals surface area contributed by atoms with Gasteiger partial charge >= 0.3 is 0 Å². The Bertz CT molecular complexity index is 355. The van der Waals surface area contributed by atoms with Crippen LogP contribution >= 0.6 is 0 Å². The Morgan fingerprint density at radius 3 is 2.35 bits per heavy atom. The summed E-state index contributed by atoms with van der Waals surface area (Å²) in [6.07, 6.45) is 19.5. The number of nitrogens with zero attached hydrogens (tertiary/aromatic N) is 1. The third kappa shape index (κ3) is 5.81. The van der Waals surface area contributed by atoms with Crippen LogP contribution in [0, 0.1) is 40.9 Å². The van der Waals surface area contributed by atoms with E-state index in [0.29, 0.717) is 11.8 Å². The fourth-order valence-electron chi connectivity index (χ4n) is 5.40. The van der Waals surface area contributed by atoms with Gasteiger partial charge in [-0.2, -0.15) is 5.26 Å². The molecule has 2 aliphatic rings. The number of rotatable bonds is 9. The highest BCUT2D eigenvalue weighted by atomic mass is 14.4. The van der Waals surface area contributed by atoms with E-state index in [4.69, 9.17) is 0 Å². The van der Waals surface area contributed by atoms with Crippen LogP contribution < -0.4 is 0 Å². The van der Waals surface area contributed by atoms with Crippen molar-refractivity contribution in [3.05, 3.63) is 0 Å². The predicted molar refractivity (Wildman–Crippen MR) is 99.0 cm³/mol. The topological polar surface area (TPSA) is 23.8 Å². The fraction of sp³-hybridized carbons (Fsp3) is 0.955. The fourth-order valence-corrected chi connectivity index (χ4v) is 5.40. The van der Waals surface area contributed by atoms with Gasteiger partial charge in [0.15, 0.2) is 0 Å². The molecule has 2 rings (SSSR count). The zero-order valence-electron chi connectivity index (χ0n) is 15.7. The average Bonchev–Trinajstić information content (AvgIpc) is 2.59. The normalized spacial score (nSPS) is 32.0. The van der Waals surface area contributed by atoms with Crippen molar-refractivity contribution in [2.24, 2.45) is 29.6 Å². The molecule has 1 unspecified atom stereocenters. The lowest BCUT2D eigenvalue weighted by atomic mass is 9.62. The van der Waals surface area contributed by atoms with Crippen LogP contribution in [0.1, 0.15) is 104 Å². The van der Waals surface area contributed by atoms with Gasteiger partial charge in [0.05, 0.1) is 6.07 Å². The summed E-state index contributed by atoms with van der Waals surface area (Å²) in [5, 5.41) is 9.46. The Balaban J connectivity index is 1.70. The average molecular weight is 318 g/mol. The van der Waals surface area contributed by atoms with Crippen LogP contribution in [-0.4, -0.2) is 0 Å². The molecule has 0 amide bonds. The molecule has 0 aromatic rings. The zero-order valence-corrected chi connectivity index (χ0v) is 15.7. The number of hydrogen-bond donors (Lipinski definition) is 0. The Hall–Kier alpha value is -0.510. The lowest BCUT2D eigenvalue weighted by Crippen LogP contribution is -2.33. The van der Waals surface area contributed by atoms with E-state index in [1.807, 2.05) is 0 Å². The van der Waals surface area contributed by atoms with Crippen molar-refractivity contribution < 1.29 is 0 Å². The standard InChI is InChI=1S/C22H39N/c1-3-5-6-7-8-10-18-11-12-20-16-21(14-13-19(20)15-18)22(17-23)9-4-2/h18-22H,3-16H2,1-2H3/t18-,19-,20-,21+,22?/m0/s1. The second-order valence-corrected chi connectivity index (χ2v) is 8.50. The molecule has 0 spiro atoms. The lowest BCUT2D eigenvalue weighted by molar-refractivity contribution is 0.0799. The first-order valence-corrected chi connectivity index (χ1v) is 10.7. The van der Waals surface area contributed by atoms with Crippen LogP contribution in [0.3, 0.4) is 0 Å². The lowest BCUT2D eigenvalue weighted by Gasteiger charge is -2.43. The molecule has 5 atom stereocenters. The van der Waals surface area contributed by atoms with Crippen molar-refractivity contribution in [1.29, 1.82) is 5.26 Å². The summed E-state index contributed by atoms with van der Waals surface area (Å²) in [5.41, 5.74) is 0. The van der Waals surface area contributed by atoms with E-state index in [1.54, 1.807) is 0 Å². The third-order valence-corrected chi connectivity index (χ3v) is 6.81. The molecule has 0 aliphatic heterocycles. The van der Waals surface area contributed by atoms with Gasteiger partial charge in [-0.25, -0.2) is 0 Å². The molecule has 1 nitrogen and oxygen atoms in total. The smallest absolute Gasteiger partial charge is 0.0658 e. The second-order valence-electron chi connectivity index (χ2n) is 8.50. The van der Waals surface area contributed by atoms with E-state index in [9.17, 15) is 5.26 Å². The minimum Gasteiger partial charge on any atom is -0.198 e. The maximum atomic E-state index is 9.46. The quantitative estimate of drug-likeness (QED) is 0.415. The summed E-state index contributed by atoms with van der Waals surface area (Å²) >= 11 is 0. The highest BCUT2D eigenvalue weighted by Gasteiger charge is 2.37. The summed E-state index contributed by atoms with van der Waals surface area (Å²) in [6.45, 7) is 4.52. The first-order valence-electron chi connectivity index (χ1n) is 10.7. The molecule has 0 bridgehead atoms. The molecular formula is C22H39N. The van der Waals surface area contributed by atoms with E-state index in [1.165, 1.54) is 83.5 Å². The highest BCUT2D eigenvalue weighted by molar-refractivity contribution is 4.94. The molecule has 0 aromatic carbocycles. The second kappa shape index (κ2) is 10.4. The van der Waals surface area contributed by atoms with E-state index in [2.05, 4.69) is 19.9 Å². The van der Waals surface area contributed by atoms with Crippen LogP contribution in [-0.2, 0) is 0 Å². The van der Waals surface area contributed by atoms with Gasteiger partial charge in [-0.1, -0.05) is 65.2 Å². The van der Waals surface area contributed by atoms with E-state index in [-0.39, 0.29) is 0 Å². The van der Waals surface area contributed by atoms with Crippen molar-refractivity contribution >= 4 is 0 Å². The number of fused-ring (bicyclic) bond motifs is 1. The van der Waals surface area contributed by atoms with E-state index < -0.39 is 0 Å². The summed E-state index contributed by atoms with van der Waals surface area (Å²) in [6, 6.07) is 2.62. The Labute approximate surface area is 145 Å². The van der Waals surface area contributed by atoms with Crippen LogP contribution in [0.2, 0.25) is 0 Å². The monoisotopic (exact) mass is 317 g/mol. The van der Waals surface area contributed by atoms with Crippen LogP contribution in [0.25, 0.3) is 0 Å². The first-order chi connectivity index (χ1) is 11.3. The van der Waals surface area contributed by atoms with E-state index in [0.717, 1.165) is 24.2 Å². The summed E-state index contributed by atoms with van der Waals surface area (Å²) < 4.78 is 0. The first kappa shape index (κ1) is 18.8. The molecule has 0 heterocycles. The van der Waals surface area contributed by atoms with Crippen molar-refractivity contribution in [3.63, 3.8) is 0 Å². The van der Waals surface area contributed by atoms with Gasteiger partial charge in [0.1, 0.15) is 0 Å². The Kier molecular flexibility index (Phi) is 8.49. The van der Waals surface area contributed by atoms with Crippen molar-refractivity contribution in [2.45, 2.75) is 104 Å². The SMILES string of the molecule is CCCCCCC[C@H]1CC[C@H]2C[C@H](C(C#N)CCC)CC[C@H]2C1. The van der Waals surface area contributed by atoms with Gasteiger partial charge in [-0.3, -0.25) is 0 Å². The molecule has 0 aromatic heterocycles. The highest BCUT2D eigenvalue weighted by Crippen LogP contribution is 2.47. The number of nitriles is 1. The maximum Gasteiger partial charge on any atom is 0.0658 e. The molecular weight excluding hydrogens is 278 g/mol. The van der Waals surface area contributed by atoms with Crippen LogP contribution in [0.5, 0.6) is 0 Å². The van der Waals surface area contributed by atoms with E-state index >= 15 is 0 Å². The molecule has 0 N–H and O–H groups in total. The minimum atomic E-state index is 0.345. The molecule has 1 heteroatoms. The number of unbranched alkanes of at least 4 members (excludes halogenated alkanes) is 4. The van der Waals surface area contributed by atoms with Crippen LogP contribution in [0.4, 0.5) is 0 Å². The predicted octanol–water partition coefficient (Wildman–Crippen LogP) is 7.12. The molecule has 0 radical (unpaired) electrons. The molecule has 23 heavy (non-hydrogen) atoms. The van der Waals surface area contributed by atoms with Crippen molar-refractivity contribution in [2.75, 3.05) is 0 Å². The van der Waals surface area contributed by atoms with Crippen molar-refractivity contribution in [3.8, 4) is 6.07 Å². The molecule has 0 saturated heterocycles.